The second-order valence-corrected chi connectivity index (χ2v) is 6.40. The summed E-state index contributed by atoms with van der Waals surface area (Å²) in [5, 5.41) is 5.41. The second-order valence-electron chi connectivity index (χ2n) is 6.40. The van der Waals surface area contributed by atoms with E-state index >= 15 is 0 Å². The molecule has 25 heavy (non-hydrogen) atoms. The van der Waals surface area contributed by atoms with Gasteiger partial charge >= 0.3 is 0 Å². The van der Waals surface area contributed by atoms with Crippen molar-refractivity contribution < 1.29 is 9.59 Å². The Labute approximate surface area is 145 Å². The molecule has 0 saturated carbocycles. The average Bonchev–Trinajstić information content (AvgIpc) is 3.03. The van der Waals surface area contributed by atoms with Crippen molar-refractivity contribution in [2.75, 3.05) is 5.32 Å². The van der Waals surface area contributed by atoms with Crippen molar-refractivity contribution in [2.24, 2.45) is 5.73 Å². The van der Waals surface area contributed by atoms with Gasteiger partial charge in [-0.15, -0.1) is 0 Å². The van der Waals surface area contributed by atoms with Crippen molar-refractivity contribution in [2.45, 2.75) is 19.3 Å². The molecule has 3 aromatic rings. The van der Waals surface area contributed by atoms with Gasteiger partial charge in [0, 0.05) is 16.6 Å². The molecule has 0 radical (unpaired) electrons. The fraction of sp³-hybridized carbons (Fsp3) is 0.143. The maximum atomic E-state index is 12.4. The van der Waals surface area contributed by atoms with E-state index in [1.165, 1.54) is 16.5 Å². The van der Waals surface area contributed by atoms with E-state index in [0.717, 1.165) is 29.5 Å². The highest BCUT2D eigenvalue weighted by molar-refractivity contribution is 6.05. The monoisotopic (exact) mass is 330 g/mol. The van der Waals surface area contributed by atoms with E-state index in [2.05, 4.69) is 23.5 Å². The van der Waals surface area contributed by atoms with Gasteiger partial charge in [0.2, 0.25) is 11.8 Å². The summed E-state index contributed by atoms with van der Waals surface area (Å²) in [5.74, 6) is -0.547. The largest absolute Gasteiger partial charge is 0.366 e. The number of benzene rings is 3. The first-order valence-electron chi connectivity index (χ1n) is 8.34. The van der Waals surface area contributed by atoms with E-state index in [4.69, 9.17) is 5.73 Å². The lowest BCUT2D eigenvalue weighted by Gasteiger charge is -2.11. The standard InChI is InChI=1S/C21H18N2O2/c22-21(25)16-6-4-13(5-7-16)12-19(24)23-18-11-10-15-9-8-14-2-1-3-17(18)20(14)15/h1-7,10-11H,8-9,12H2,(H2,22,25)(H,23,24). The third-order valence-electron chi connectivity index (χ3n) is 4.75. The summed E-state index contributed by atoms with van der Waals surface area (Å²) in [6.07, 6.45) is 2.38. The lowest BCUT2D eigenvalue weighted by atomic mass is 10.0. The summed E-state index contributed by atoms with van der Waals surface area (Å²) in [4.78, 5) is 23.5. The van der Waals surface area contributed by atoms with Gasteiger partial charge in [0.1, 0.15) is 0 Å². The lowest BCUT2D eigenvalue weighted by molar-refractivity contribution is -0.115. The average molecular weight is 330 g/mol. The first-order chi connectivity index (χ1) is 12.1. The summed E-state index contributed by atoms with van der Waals surface area (Å²) in [6, 6.07) is 17.2. The van der Waals surface area contributed by atoms with E-state index in [0.29, 0.717) is 5.56 Å². The van der Waals surface area contributed by atoms with Crippen LogP contribution in [0, 0.1) is 0 Å². The number of amides is 2. The van der Waals surface area contributed by atoms with Crippen LogP contribution in [-0.4, -0.2) is 11.8 Å². The maximum Gasteiger partial charge on any atom is 0.248 e. The fourth-order valence-electron chi connectivity index (χ4n) is 3.52. The van der Waals surface area contributed by atoms with Crippen LogP contribution >= 0.6 is 0 Å². The van der Waals surface area contributed by atoms with Crippen LogP contribution in [0.1, 0.15) is 27.0 Å². The highest BCUT2D eigenvalue weighted by Crippen LogP contribution is 2.35. The van der Waals surface area contributed by atoms with Crippen LogP contribution in [0.15, 0.2) is 54.6 Å². The Morgan fingerprint density at radius 3 is 2.36 bits per heavy atom. The first kappa shape index (κ1) is 15.4. The molecule has 4 nitrogen and oxygen atoms in total. The maximum absolute atomic E-state index is 12.4. The molecule has 0 unspecified atom stereocenters. The Balaban J connectivity index is 1.55. The SMILES string of the molecule is NC(=O)c1ccc(CC(=O)Nc2ccc3c4c(cccc24)CC3)cc1. The molecular formula is C21H18N2O2. The molecule has 0 saturated heterocycles. The van der Waals surface area contributed by atoms with Gasteiger partial charge in [-0.05, 0) is 53.1 Å². The molecule has 1 aliphatic carbocycles. The van der Waals surface area contributed by atoms with E-state index in [1.54, 1.807) is 24.3 Å². The van der Waals surface area contributed by atoms with Gasteiger partial charge in [-0.25, -0.2) is 0 Å². The Hall–Kier alpha value is -3.14. The molecule has 0 atom stereocenters. The van der Waals surface area contributed by atoms with Crippen LogP contribution in [0.2, 0.25) is 0 Å². The van der Waals surface area contributed by atoms with Gasteiger partial charge in [-0.1, -0.05) is 36.4 Å². The van der Waals surface area contributed by atoms with Crippen molar-refractivity contribution in [3.8, 4) is 0 Å². The van der Waals surface area contributed by atoms with Crippen LogP contribution < -0.4 is 11.1 Å². The second kappa shape index (κ2) is 6.06. The van der Waals surface area contributed by atoms with Crippen LogP contribution in [-0.2, 0) is 24.1 Å². The minimum atomic E-state index is -0.469. The number of nitrogens with one attached hydrogen (secondary N) is 1. The predicted octanol–water partition coefficient (Wildman–Crippen LogP) is 3.22. The van der Waals surface area contributed by atoms with Gasteiger partial charge in [0.25, 0.3) is 0 Å². The molecule has 3 N–H and O–H groups in total. The number of hydrogen-bond acceptors (Lipinski definition) is 2. The number of anilines is 1. The molecule has 0 heterocycles. The number of carbonyl (C=O) groups excluding carboxylic acids is 2. The first-order valence-corrected chi connectivity index (χ1v) is 8.34. The van der Waals surface area contributed by atoms with Crippen LogP contribution in [0.4, 0.5) is 5.69 Å². The summed E-state index contributed by atoms with van der Waals surface area (Å²) < 4.78 is 0. The molecule has 3 aromatic carbocycles. The van der Waals surface area contributed by atoms with E-state index in [-0.39, 0.29) is 12.3 Å². The predicted molar refractivity (Wildman–Crippen MR) is 98.6 cm³/mol. The van der Waals surface area contributed by atoms with Crippen molar-refractivity contribution in [1.29, 1.82) is 0 Å². The van der Waals surface area contributed by atoms with Gasteiger partial charge in [0.05, 0.1) is 6.42 Å². The number of aryl methyl sites for hydroxylation is 2. The molecule has 0 bridgehead atoms. The fourth-order valence-corrected chi connectivity index (χ4v) is 3.52. The van der Waals surface area contributed by atoms with E-state index < -0.39 is 5.91 Å². The van der Waals surface area contributed by atoms with E-state index in [1.807, 2.05) is 12.1 Å². The quantitative estimate of drug-likeness (QED) is 0.771. The zero-order valence-electron chi connectivity index (χ0n) is 13.7. The molecule has 0 fully saturated rings. The molecular weight excluding hydrogens is 312 g/mol. The van der Waals surface area contributed by atoms with Crippen molar-refractivity contribution in [3.05, 3.63) is 76.9 Å². The molecule has 4 rings (SSSR count). The highest BCUT2D eigenvalue weighted by Gasteiger charge is 2.16. The molecule has 0 aliphatic heterocycles. The highest BCUT2D eigenvalue weighted by atomic mass is 16.1. The minimum absolute atomic E-state index is 0.0782. The zero-order valence-corrected chi connectivity index (χ0v) is 13.7. The molecule has 2 amide bonds. The Kier molecular flexibility index (Phi) is 3.73. The van der Waals surface area contributed by atoms with Crippen LogP contribution in [0.3, 0.4) is 0 Å². The van der Waals surface area contributed by atoms with Crippen molar-refractivity contribution in [1.82, 2.24) is 0 Å². The summed E-state index contributed by atoms with van der Waals surface area (Å²) in [6.45, 7) is 0. The minimum Gasteiger partial charge on any atom is -0.366 e. The normalized spacial score (nSPS) is 12.3. The Morgan fingerprint density at radius 1 is 0.920 bits per heavy atom. The van der Waals surface area contributed by atoms with Crippen LogP contribution in [0.5, 0.6) is 0 Å². The van der Waals surface area contributed by atoms with Gasteiger partial charge < -0.3 is 11.1 Å². The van der Waals surface area contributed by atoms with Crippen molar-refractivity contribution in [3.63, 3.8) is 0 Å². The molecule has 1 aliphatic rings. The van der Waals surface area contributed by atoms with Crippen molar-refractivity contribution >= 4 is 28.3 Å². The molecule has 4 heteroatoms. The van der Waals surface area contributed by atoms with Gasteiger partial charge in [-0.3, -0.25) is 9.59 Å². The molecule has 0 aromatic heterocycles. The number of hydrogen-bond donors (Lipinski definition) is 2. The summed E-state index contributed by atoms with van der Waals surface area (Å²) in [7, 11) is 0. The Bertz CT molecular complexity index is 980. The summed E-state index contributed by atoms with van der Waals surface area (Å²) >= 11 is 0. The Morgan fingerprint density at radius 2 is 1.64 bits per heavy atom. The third kappa shape index (κ3) is 2.87. The molecule has 124 valence electrons. The number of nitrogens with two attached hydrogens (primary N) is 1. The van der Waals surface area contributed by atoms with Gasteiger partial charge in [-0.2, -0.15) is 0 Å². The van der Waals surface area contributed by atoms with E-state index in [9.17, 15) is 9.59 Å². The zero-order chi connectivity index (χ0) is 17.4. The smallest absolute Gasteiger partial charge is 0.248 e. The molecule has 0 spiro atoms. The van der Waals surface area contributed by atoms with Gasteiger partial charge in [0.15, 0.2) is 0 Å². The number of carbonyl (C=O) groups is 2. The summed E-state index contributed by atoms with van der Waals surface area (Å²) in [5.41, 5.74) is 10.1. The number of primary amides is 1. The number of rotatable bonds is 4. The van der Waals surface area contributed by atoms with Crippen LogP contribution in [0.25, 0.3) is 10.8 Å². The third-order valence-corrected chi connectivity index (χ3v) is 4.75. The topological polar surface area (TPSA) is 72.2 Å². The lowest BCUT2D eigenvalue weighted by Crippen LogP contribution is -2.15.